The number of para-hydroxylation sites is 1. The fourth-order valence-electron chi connectivity index (χ4n) is 2.56. The number of ether oxygens (including phenoxy) is 1. The lowest BCUT2D eigenvalue weighted by Crippen LogP contribution is -2.49. The van der Waals surface area contributed by atoms with Gasteiger partial charge < -0.3 is 15.0 Å². The van der Waals surface area contributed by atoms with E-state index >= 15 is 0 Å². The minimum absolute atomic E-state index is 0.0855. The Hall–Kier alpha value is -1.30. The number of carbonyl (C=O) groups is 1. The fourth-order valence-corrected chi connectivity index (χ4v) is 2.81. The van der Waals surface area contributed by atoms with Crippen LogP contribution in [0, 0.1) is 0 Å². The fraction of sp³-hybridized carbons (Fsp3) is 0.562. The Morgan fingerprint density at radius 3 is 2.68 bits per heavy atom. The zero-order valence-electron chi connectivity index (χ0n) is 13.1. The van der Waals surface area contributed by atoms with Gasteiger partial charge in [0.15, 0.2) is 0 Å². The Morgan fingerprint density at radius 2 is 2.00 bits per heavy atom. The molecule has 1 heterocycles. The number of methoxy groups -OCH3 is 1. The number of amides is 1. The maximum atomic E-state index is 11.9. The van der Waals surface area contributed by atoms with Gasteiger partial charge in [0.05, 0.1) is 17.3 Å². The normalized spacial score (nSPS) is 15.8. The molecule has 1 aromatic rings. The van der Waals surface area contributed by atoms with Crippen molar-refractivity contribution in [3.63, 3.8) is 0 Å². The topological polar surface area (TPSA) is 44.8 Å². The number of halogens is 1. The molecule has 1 aliphatic rings. The molecule has 1 aromatic carbocycles. The van der Waals surface area contributed by atoms with Crippen LogP contribution in [0.3, 0.4) is 0 Å². The van der Waals surface area contributed by atoms with Crippen LogP contribution in [0.4, 0.5) is 5.69 Å². The van der Waals surface area contributed by atoms with Crippen LogP contribution in [0.2, 0.25) is 5.02 Å². The van der Waals surface area contributed by atoms with Crippen molar-refractivity contribution in [1.29, 1.82) is 0 Å². The van der Waals surface area contributed by atoms with Gasteiger partial charge in [0.25, 0.3) is 0 Å². The molecule has 22 heavy (non-hydrogen) atoms. The third-order valence-corrected chi connectivity index (χ3v) is 4.10. The molecular formula is C16H24ClN3O2. The molecule has 0 radical (unpaired) electrons. The second-order valence-corrected chi connectivity index (χ2v) is 5.82. The molecule has 2 rings (SSSR count). The molecule has 0 atom stereocenters. The van der Waals surface area contributed by atoms with Gasteiger partial charge in [-0.15, -0.1) is 0 Å². The van der Waals surface area contributed by atoms with Gasteiger partial charge in [-0.05, 0) is 18.6 Å². The van der Waals surface area contributed by atoms with Crippen molar-refractivity contribution >= 4 is 23.2 Å². The van der Waals surface area contributed by atoms with E-state index in [1.54, 1.807) is 7.11 Å². The van der Waals surface area contributed by atoms with Gasteiger partial charge in [0, 0.05) is 46.4 Å². The number of carbonyl (C=O) groups excluding carboxylic acids is 1. The molecular weight excluding hydrogens is 302 g/mol. The van der Waals surface area contributed by atoms with E-state index < -0.39 is 0 Å². The lowest BCUT2D eigenvalue weighted by atomic mass is 10.2. The van der Waals surface area contributed by atoms with Crippen LogP contribution in [0.15, 0.2) is 24.3 Å². The number of nitrogens with one attached hydrogen (secondary N) is 1. The van der Waals surface area contributed by atoms with Crippen LogP contribution in [-0.2, 0) is 9.53 Å². The van der Waals surface area contributed by atoms with E-state index in [-0.39, 0.29) is 5.91 Å². The summed E-state index contributed by atoms with van der Waals surface area (Å²) in [5.41, 5.74) is 1.08. The third kappa shape index (κ3) is 5.16. The molecule has 1 amide bonds. The van der Waals surface area contributed by atoms with E-state index in [4.69, 9.17) is 16.3 Å². The van der Waals surface area contributed by atoms with Gasteiger partial charge in [0.1, 0.15) is 0 Å². The first-order valence-electron chi connectivity index (χ1n) is 7.68. The van der Waals surface area contributed by atoms with Crippen molar-refractivity contribution in [1.82, 2.24) is 10.2 Å². The molecule has 0 bridgehead atoms. The van der Waals surface area contributed by atoms with Gasteiger partial charge in [0.2, 0.25) is 5.91 Å². The Kier molecular flexibility index (Phi) is 6.96. The van der Waals surface area contributed by atoms with Crippen molar-refractivity contribution < 1.29 is 9.53 Å². The van der Waals surface area contributed by atoms with Gasteiger partial charge >= 0.3 is 0 Å². The molecule has 0 aromatic heterocycles. The molecule has 0 spiro atoms. The summed E-state index contributed by atoms with van der Waals surface area (Å²) in [6.07, 6.45) is 0.850. The Balaban J connectivity index is 1.71. The van der Waals surface area contributed by atoms with Crippen LogP contribution < -0.4 is 10.2 Å². The Morgan fingerprint density at radius 1 is 1.27 bits per heavy atom. The standard InChI is InChI=1S/C16H24ClN3O2/c1-22-12-4-7-18-16(21)13-19-8-10-20(11-9-19)15-6-3-2-5-14(15)17/h2-3,5-6H,4,7-13H2,1H3,(H,18,21). The predicted octanol–water partition coefficient (Wildman–Crippen LogP) is 1.61. The second kappa shape index (κ2) is 8.98. The summed E-state index contributed by atoms with van der Waals surface area (Å²) in [4.78, 5) is 16.3. The lowest BCUT2D eigenvalue weighted by Gasteiger charge is -2.36. The van der Waals surface area contributed by atoms with E-state index in [2.05, 4.69) is 15.1 Å². The minimum Gasteiger partial charge on any atom is -0.385 e. The first-order chi connectivity index (χ1) is 10.7. The van der Waals surface area contributed by atoms with E-state index in [1.165, 1.54) is 0 Å². The first kappa shape index (κ1) is 17.1. The van der Waals surface area contributed by atoms with Crippen molar-refractivity contribution in [2.75, 3.05) is 57.9 Å². The molecule has 1 aliphatic heterocycles. The van der Waals surface area contributed by atoms with Crippen LogP contribution >= 0.6 is 11.6 Å². The summed E-state index contributed by atoms with van der Waals surface area (Å²) in [7, 11) is 1.67. The monoisotopic (exact) mass is 325 g/mol. The number of rotatable bonds is 7. The highest BCUT2D eigenvalue weighted by molar-refractivity contribution is 6.33. The Bertz CT molecular complexity index is 476. The minimum atomic E-state index is 0.0855. The molecule has 1 fully saturated rings. The average molecular weight is 326 g/mol. The summed E-state index contributed by atoms with van der Waals surface area (Å²) >= 11 is 6.23. The molecule has 1 saturated heterocycles. The quantitative estimate of drug-likeness (QED) is 0.774. The van der Waals surface area contributed by atoms with E-state index in [0.29, 0.717) is 19.7 Å². The van der Waals surface area contributed by atoms with Crippen molar-refractivity contribution in [2.24, 2.45) is 0 Å². The van der Waals surface area contributed by atoms with Gasteiger partial charge in [-0.3, -0.25) is 9.69 Å². The highest BCUT2D eigenvalue weighted by atomic mass is 35.5. The first-order valence-corrected chi connectivity index (χ1v) is 8.06. The number of piperazine rings is 1. The maximum absolute atomic E-state index is 11.9. The summed E-state index contributed by atoms with van der Waals surface area (Å²) in [6, 6.07) is 7.90. The molecule has 122 valence electrons. The van der Waals surface area contributed by atoms with Gasteiger partial charge in [-0.1, -0.05) is 23.7 Å². The zero-order chi connectivity index (χ0) is 15.8. The van der Waals surface area contributed by atoms with Crippen molar-refractivity contribution in [3.8, 4) is 0 Å². The molecule has 0 unspecified atom stereocenters. The van der Waals surface area contributed by atoms with Crippen LogP contribution in [0.5, 0.6) is 0 Å². The van der Waals surface area contributed by atoms with E-state index in [0.717, 1.165) is 43.3 Å². The third-order valence-electron chi connectivity index (χ3n) is 3.78. The van der Waals surface area contributed by atoms with Crippen LogP contribution in [0.25, 0.3) is 0 Å². The largest absolute Gasteiger partial charge is 0.385 e. The number of benzene rings is 1. The molecule has 1 N–H and O–H groups in total. The highest BCUT2D eigenvalue weighted by Gasteiger charge is 2.20. The van der Waals surface area contributed by atoms with Gasteiger partial charge in [-0.25, -0.2) is 0 Å². The molecule has 5 nitrogen and oxygen atoms in total. The number of nitrogens with zero attached hydrogens (tertiary/aromatic N) is 2. The summed E-state index contributed by atoms with van der Waals surface area (Å²) in [5.74, 6) is 0.0855. The molecule has 0 aliphatic carbocycles. The predicted molar refractivity (Wildman–Crippen MR) is 89.6 cm³/mol. The van der Waals surface area contributed by atoms with Crippen molar-refractivity contribution in [2.45, 2.75) is 6.42 Å². The SMILES string of the molecule is COCCCNC(=O)CN1CCN(c2ccccc2Cl)CC1. The summed E-state index contributed by atoms with van der Waals surface area (Å²) in [6.45, 7) is 5.33. The second-order valence-electron chi connectivity index (χ2n) is 5.41. The molecule has 0 saturated carbocycles. The van der Waals surface area contributed by atoms with E-state index in [1.807, 2.05) is 24.3 Å². The average Bonchev–Trinajstić information content (AvgIpc) is 2.53. The smallest absolute Gasteiger partial charge is 0.234 e. The molecule has 6 heteroatoms. The van der Waals surface area contributed by atoms with Crippen LogP contribution in [0.1, 0.15) is 6.42 Å². The number of hydrogen-bond acceptors (Lipinski definition) is 4. The van der Waals surface area contributed by atoms with Crippen molar-refractivity contribution in [3.05, 3.63) is 29.3 Å². The lowest BCUT2D eigenvalue weighted by molar-refractivity contribution is -0.122. The Labute approximate surface area is 137 Å². The number of hydrogen-bond donors (Lipinski definition) is 1. The summed E-state index contributed by atoms with van der Waals surface area (Å²) in [5, 5.41) is 3.71. The van der Waals surface area contributed by atoms with Gasteiger partial charge in [-0.2, -0.15) is 0 Å². The van der Waals surface area contributed by atoms with Crippen LogP contribution in [-0.4, -0.2) is 63.8 Å². The summed E-state index contributed by atoms with van der Waals surface area (Å²) < 4.78 is 4.96. The maximum Gasteiger partial charge on any atom is 0.234 e. The number of anilines is 1. The highest BCUT2D eigenvalue weighted by Crippen LogP contribution is 2.25. The zero-order valence-corrected chi connectivity index (χ0v) is 13.8. The van der Waals surface area contributed by atoms with E-state index in [9.17, 15) is 4.79 Å².